The van der Waals surface area contributed by atoms with Crippen molar-refractivity contribution >= 4 is 15.9 Å². The van der Waals surface area contributed by atoms with Crippen LogP contribution >= 0.6 is 15.9 Å². The van der Waals surface area contributed by atoms with Crippen LogP contribution < -0.4 is 10.1 Å². The minimum atomic E-state index is 0.584. The van der Waals surface area contributed by atoms with Gasteiger partial charge in [-0.3, -0.25) is 0 Å². The molecule has 1 saturated carbocycles. The van der Waals surface area contributed by atoms with Crippen LogP contribution in [-0.4, -0.2) is 27.6 Å². The second-order valence-corrected chi connectivity index (χ2v) is 5.85. The number of hydrogen-bond acceptors (Lipinski definition) is 4. The summed E-state index contributed by atoms with van der Waals surface area (Å²) >= 11 is 3.40. The molecule has 1 N–H and O–H groups in total. The molecular weight excluding hydrogens is 320 g/mol. The van der Waals surface area contributed by atoms with E-state index in [0.717, 1.165) is 22.5 Å². The molecule has 1 fully saturated rings. The fourth-order valence-corrected chi connectivity index (χ4v) is 2.12. The van der Waals surface area contributed by atoms with E-state index in [-0.39, 0.29) is 0 Å². The molecule has 5 nitrogen and oxygen atoms in total. The number of halogens is 1. The molecule has 1 aromatic heterocycles. The lowest BCUT2D eigenvalue weighted by molar-refractivity contribution is 0.289. The molecule has 0 radical (unpaired) electrons. The third-order valence-electron chi connectivity index (χ3n) is 3.14. The van der Waals surface area contributed by atoms with Crippen LogP contribution in [0.15, 0.2) is 34.9 Å². The largest absolute Gasteiger partial charge is 0.492 e. The Morgan fingerprint density at radius 3 is 2.85 bits per heavy atom. The second kappa shape index (κ2) is 6.37. The van der Waals surface area contributed by atoms with Crippen LogP contribution in [0.4, 0.5) is 0 Å². The standard InChI is InChI=1S/C14H17BrN4O/c15-11-1-5-14(6-2-11)20-8-7-19-10-13(17-18-19)9-16-12-3-4-12/h1-2,5-6,10,12,16H,3-4,7-9H2. The number of nitrogens with zero attached hydrogens (tertiary/aromatic N) is 3. The van der Waals surface area contributed by atoms with Crippen LogP contribution in [0.25, 0.3) is 0 Å². The summed E-state index contributed by atoms with van der Waals surface area (Å²) in [5, 5.41) is 11.7. The zero-order chi connectivity index (χ0) is 13.8. The van der Waals surface area contributed by atoms with Crippen LogP contribution in [0.1, 0.15) is 18.5 Å². The van der Waals surface area contributed by atoms with Gasteiger partial charge in [-0.15, -0.1) is 5.10 Å². The fourth-order valence-electron chi connectivity index (χ4n) is 1.85. The van der Waals surface area contributed by atoms with Gasteiger partial charge in [-0.1, -0.05) is 21.1 Å². The maximum atomic E-state index is 5.66. The van der Waals surface area contributed by atoms with Crippen molar-refractivity contribution in [3.8, 4) is 5.75 Å². The molecule has 1 heterocycles. The zero-order valence-corrected chi connectivity index (χ0v) is 12.7. The molecule has 20 heavy (non-hydrogen) atoms. The maximum absolute atomic E-state index is 5.66. The number of hydrogen-bond donors (Lipinski definition) is 1. The molecule has 0 amide bonds. The van der Waals surface area contributed by atoms with Crippen LogP contribution in [0.5, 0.6) is 5.75 Å². The Bertz CT molecular complexity index is 551. The molecule has 0 bridgehead atoms. The van der Waals surface area contributed by atoms with Gasteiger partial charge in [0.2, 0.25) is 0 Å². The van der Waals surface area contributed by atoms with E-state index in [2.05, 4.69) is 31.6 Å². The van der Waals surface area contributed by atoms with Gasteiger partial charge in [0.1, 0.15) is 12.4 Å². The van der Waals surface area contributed by atoms with Crippen LogP contribution in [0.2, 0.25) is 0 Å². The van der Waals surface area contributed by atoms with Crippen molar-refractivity contribution in [3.63, 3.8) is 0 Å². The van der Waals surface area contributed by atoms with Gasteiger partial charge >= 0.3 is 0 Å². The quantitative estimate of drug-likeness (QED) is 0.843. The highest BCUT2D eigenvalue weighted by Gasteiger charge is 2.20. The van der Waals surface area contributed by atoms with Crippen molar-refractivity contribution in [2.75, 3.05) is 6.61 Å². The maximum Gasteiger partial charge on any atom is 0.119 e. The summed E-state index contributed by atoms with van der Waals surface area (Å²) in [5.41, 5.74) is 0.987. The van der Waals surface area contributed by atoms with Gasteiger partial charge in [0.25, 0.3) is 0 Å². The van der Waals surface area contributed by atoms with Gasteiger partial charge in [0, 0.05) is 23.3 Å². The first-order valence-corrected chi connectivity index (χ1v) is 7.60. The van der Waals surface area contributed by atoms with E-state index in [1.54, 1.807) is 0 Å². The highest BCUT2D eigenvalue weighted by atomic mass is 79.9. The van der Waals surface area contributed by atoms with Gasteiger partial charge in [-0.05, 0) is 37.1 Å². The average Bonchev–Trinajstić information content (AvgIpc) is 3.18. The molecule has 0 spiro atoms. The summed E-state index contributed by atoms with van der Waals surface area (Å²) in [6.45, 7) is 2.09. The lowest BCUT2D eigenvalue weighted by Crippen LogP contribution is -2.15. The molecule has 2 aromatic rings. The van der Waals surface area contributed by atoms with E-state index in [0.29, 0.717) is 19.2 Å². The SMILES string of the molecule is Brc1ccc(OCCn2cc(CNC3CC3)nn2)cc1. The fraction of sp³-hybridized carbons (Fsp3) is 0.429. The Labute approximate surface area is 126 Å². The number of nitrogens with one attached hydrogen (secondary N) is 1. The molecule has 1 aliphatic carbocycles. The number of benzene rings is 1. The van der Waals surface area contributed by atoms with Gasteiger partial charge in [0.05, 0.1) is 12.2 Å². The van der Waals surface area contributed by atoms with Crippen molar-refractivity contribution in [1.82, 2.24) is 20.3 Å². The molecule has 0 saturated heterocycles. The Morgan fingerprint density at radius 1 is 1.30 bits per heavy atom. The van der Waals surface area contributed by atoms with Crippen molar-refractivity contribution in [2.45, 2.75) is 32.0 Å². The Kier molecular flexibility index (Phi) is 4.32. The van der Waals surface area contributed by atoms with Crippen molar-refractivity contribution in [3.05, 3.63) is 40.6 Å². The summed E-state index contributed by atoms with van der Waals surface area (Å²) in [5.74, 6) is 0.865. The number of ether oxygens (including phenoxy) is 1. The third-order valence-corrected chi connectivity index (χ3v) is 3.67. The Morgan fingerprint density at radius 2 is 2.10 bits per heavy atom. The second-order valence-electron chi connectivity index (χ2n) is 4.93. The van der Waals surface area contributed by atoms with Gasteiger partial charge in [-0.25, -0.2) is 4.68 Å². The summed E-state index contributed by atoms with van der Waals surface area (Å²) in [6.07, 6.45) is 4.55. The molecule has 0 atom stereocenters. The molecule has 1 aromatic carbocycles. The van der Waals surface area contributed by atoms with Crippen LogP contribution in [0, 0.1) is 0 Å². The first-order valence-electron chi connectivity index (χ1n) is 6.80. The summed E-state index contributed by atoms with van der Waals surface area (Å²) in [7, 11) is 0. The first kappa shape index (κ1) is 13.6. The average molecular weight is 337 g/mol. The van der Waals surface area contributed by atoms with E-state index < -0.39 is 0 Å². The van der Waals surface area contributed by atoms with E-state index >= 15 is 0 Å². The van der Waals surface area contributed by atoms with E-state index in [4.69, 9.17) is 4.74 Å². The third kappa shape index (κ3) is 4.05. The van der Waals surface area contributed by atoms with Crippen LogP contribution in [-0.2, 0) is 13.1 Å². The van der Waals surface area contributed by atoms with Gasteiger partial charge < -0.3 is 10.1 Å². The molecule has 6 heteroatoms. The summed E-state index contributed by atoms with van der Waals surface area (Å²) in [4.78, 5) is 0. The lowest BCUT2D eigenvalue weighted by Gasteiger charge is -2.05. The molecule has 3 rings (SSSR count). The molecule has 0 unspecified atom stereocenters. The molecule has 1 aliphatic rings. The van der Waals surface area contributed by atoms with E-state index in [1.807, 2.05) is 35.1 Å². The topological polar surface area (TPSA) is 52.0 Å². The number of aromatic nitrogens is 3. The van der Waals surface area contributed by atoms with Gasteiger partial charge in [0.15, 0.2) is 0 Å². The van der Waals surface area contributed by atoms with E-state index in [1.165, 1.54) is 12.8 Å². The Balaban J connectivity index is 1.42. The Hall–Kier alpha value is -1.40. The number of rotatable bonds is 7. The highest BCUT2D eigenvalue weighted by Crippen LogP contribution is 2.19. The van der Waals surface area contributed by atoms with Gasteiger partial charge in [-0.2, -0.15) is 0 Å². The predicted molar refractivity (Wildman–Crippen MR) is 79.5 cm³/mol. The van der Waals surface area contributed by atoms with Crippen molar-refractivity contribution < 1.29 is 4.74 Å². The van der Waals surface area contributed by atoms with Crippen LogP contribution in [0.3, 0.4) is 0 Å². The van der Waals surface area contributed by atoms with Crippen molar-refractivity contribution in [2.24, 2.45) is 0 Å². The summed E-state index contributed by atoms with van der Waals surface area (Å²) in [6, 6.07) is 8.51. The van der Waals surface area contributed by atoms with Crippen molar-refractivity contribution in [1.29, 1.82) is 0 Å². The predicted octanol–water partition coefficient (Wildman–Crippen LogP) is 2.37. The highest BCUT2D eigenvalue weighted by molar-refractivity contribution is 9.10. The minimum absolute atomic E-state index is 0.584. The molecule has 0 aliphatic heterocycles. The molecular formula is C14H17BrN4O. The lowest BCUT2D eigenvalue weighted by atomic mass is 10.3. The normalized spacial score (nSPS) is 14.4. The first-order chi connectivity index (χ1) is 9.79. The molecule has 106 valence electrons. The summed E-state index contributed by atoms with van der Waals surface area (Å²) < 4.78 is 8.53. The smallest absolute Gasteiger partial charge is 0.119 e. The zero-order valence-electron chi connectivity index (χ0n) is 11.1. The monoisotopic (exact) mass is 336 g/mol. The van der Waals surface area contributed by atoms with E-state index in [9.17, 15) is 0 Å². The minimum Gasteiger partial charge on any atom is -0.492 e.